The highest BCUT2D eigenvalue weighted by Crippen LogP contribution is 2.36. The van der Waals surface area contributed by atoms with Crippen LogP contribution in [-0.4, -0.2) is 25.8 Å². The number of aliphatic carboxylic acids is 1. The van der Waals surface area contributed by atoms with Crippen molar-refractivity contribution < 1.29 is 14.3 Å². The zero-order valence-electron chi connectivity index (χ0n) is 13.6. The van der Waals surface area contributed by atoms with Crippen molar-refractivity contribution in [2.75, 3.05) is 5.32 Å². The molecule has 0 fully saturated rings. The van der Waals surface area contributed by atoms with Gasteiger partial charge in [0.05, 0.1) is 0 Å². The molecule has 130 valence electrons. The number of para-hydroxylation sites is 1. The molecule has 0 spiro atoms. The van der Waals surface area contributed by atoms with E-state index < -0.39 is 23.0 Å². The third-order valence-electron chi connectivity index (χ3n) is 4.31. The van der Waals surface area contributed by atoms with Gasteiger partial charge in [0.15, 0.2) is 11.5 Å². The average Bonchev–Trinajstić information content (AvgIpc) is 2.62. The molecule has 1 aliphatic rings. The monoisotopic (exact) mass is 352 g/mol. The molecule has 0 aliphatic carbocycles. The number of benzene rings is 2. The van der Waals surface area contributed by atoms with E-state index in [4.69, 9.17) is 0 Å². The largest absolute Gasteiger partial charge is 0.478 e. The van der Waals surface area contributed by atoms with Crippen molar-refractivity contribution in [2.24, 2.45) is 0 Å². The van der Waals surface area contributed by atoms with Gasteiger partial charge in [0.1, 0.15) is 5.82 Å². The summed E-state index contributed by atoms with van der Waals surface area (Å²) in [5.74, 6) is -1.48. The summed E-state index contributed by atoms with van der Waals surface area (Å²) < 4.78 is 14.3. The maximum Gasteiger partial charge on any atom is 0.352 e. The molecule has 3 aromatic rings. The first-order valence-electron chi connectivity index (χ1n) is 7.79. The van der Waals surface area contributed by atoms with Gasteiger partial charge in [-0.05, 0) is 43.3 Å². The molecule has 0 unspecified atom stereocenters. The predicted molar refractivity (Wildman–Crippen MR) is 92.0 cm³/mol. The predicted octanol–water partition coefficient (Wildman–Crippen LogP) is 2.29. The third kappa shape index (κ3) is 2.26. The lowest BCUT2D eigenvalue weighted by Gasteiger charge is -2.35. The third-order valence-corrected chi connectivity index (χ3v) is 4.31. The van der Waals surface area contributed by atoms with E-state index >= 15 is 0 Å². The molecule has 7 nitrogen and oxygen atoms in total. The minimum absolute atomic E-state index is 0.0533. The van der Waals surface area contributed by atoms with Gasteiger partial charge in [-0.25, -0.2) is 13.9 Å². The second kappa shape index (κ2) is 5.48. The van der Waals surface area contributed by atoms with Crippen LogP contribution in [0, 0.1) is 5.82 Å². The Balaban J connectivity index is 2.02. The Morgan fingerprint density at radius 3 is 2.58 bits per heavy atom. The Morgan fingerprint density at radius 2 is 1.88 bits per heavy atom. The number of nitrogens with one attached hydrogen (secondary N) is 1. The van der Waals surface area contributed by atoms with Gasteiger partial charge in [-0.15, -0.1) is 0 Å². The fourth-order valence-electron chi connectivity index (χ4n) is 2.91. The van der Waals surface area contributed by atoms with Crippen molar-refractivity contribution in [3.8, 4) is 22.6 Å². The van der Waals surface area contributed by atoms with Crippen molar-refractivity contribution in [2.45, 2.75) is 12.6 Å². The summed E-state index contributed by atoms with van der Waals surface area (Å²) in [5, 5.41) is 17.0. The number of carboxylic acid groups (broad SMARTS) is 1. The van der Waals surface area contributed by atoms with Crippen LogP contribution < -0.4 is 10.9 Å². The first kappa shape index (κ1) is 15.9. The molecule has 0 amide bonds. The van der Waals surface area contributed by atoms with Gasteiger partial charge in [0, 0.05) is 16.8 Å². The van der Waals surface area contributed by atoms with E-state index in [0.717, 1.165) is 0 Å². The van der Waals surface area contributed by atoms with E-state index in [2.05, 4.69) is 15.4 Å². The van der Waals surface area contributed by atoms with Gasteiger partial charge >= 0.3 is 5.97 Å². The molecule has 2 aromatic carbocycles. The molecule has 0 bridgehead atoms. The van der Waals surface area contributed by atoms with Crippen LogP contribution in [0.1, 0.15) is 6.92 Å². The summed E-state index contributed by atoms with van der Waals surface area (Å²) in [6.07, 6.45) is 0. The van der Waals surface area contributed by atoms with Crippen LogP contribution in [0.4, 0.5) is 10.1 Å². The molecule has 4 rings (SSSR count). The number of hydrogen-bond donors (Lipinski definition) is 2. The summed E-state index contributed by atoms with van der Waals surface area (Å²) in [6, 6.07) is 12.1. The van der Waals surface area contributed by atoms with Crippen LogP contribution in [0.3, 0.4) is 0 Å². The fraction of sp³-hybridized carbons (Fsp3) is 0.111. The molecule has 0 saturated carbocycles. The van der Waals surface area contributed by atoms with Crippen molar-refractivity contribution in [3.05, 3.63) is 64.7 Å². The molecule has 0 saturated heterocycles. The molecular weight excluding hydrogens is 339 g/mol. The number of nitrogens with zero attached hydrogens (tertiary/aromatic N) is 3. The van der Waals surface area contributed by atoms with Crippen molar-refractivity contribution in [1.82, 2.24) is 14.8 Å². The number of anilines is 1. The topological polar surface area (TPSA) is 97.1 Å². The molecule has 8 heteroatoms. The number of fused-ring (bicyclic) bond motifs is 3. The highest BCUT2D eigenvalue weighted by atomic mass is 19.1. The van der Waals surface area contributed by atoms with Crippen LogP contribution >= 0.6 is 0 Å². The van der Waals surface area contributed by atoms with Gasteiger partial charge in [-0.2, -0.15) is 10.1 Å². The lowest BCUT2D eigenvalue weighted by molar-refractivity contribution is -0.145. The number of halogens is 1. The zero-order valence-corrected chi connectivity index (χ0v) is 13.6. The van der Waals surface area contributed by atoms with Crippen LogP contribution in [0.5, 0.6) is 0 Å². The van der Waals surface area contributed by atoms with E-state index in [-0.39, 0.29) is 11.5 Å². The maximum atomic E-state index is 13.2. The van der Waals surface area contributed by atoms with Gasteiger partial charge in [0.2, 0.25) is 5.66 Å². The Kier molecular flexibility index (Phi) is 3.36. The number of hydrogen-bond acceptors (Lipinski definition) is 5. The van der Waals surface area contributed by atoms with Gasteiger partial charge < -0.3 is 10.4 Å². The lowest BCUT2D eigenvalue weighted by Crippen LogP contribution is -2.51. The summed E-state index contributed by atoms with van der Waals surface area (Å²) in [7, 11) is 0. The van der Waals surface area contributed by atoms with E-state index in [1.165, 1.54) is 35.9 Å². The summed E-state index contributed by atoms with van der Waals surface area (Å²) >= 11 is 0. The van der Waals surface area contributed by atoms with Crippen molar-refractivity contribution in [3.63, 3.8) is 0 Å². The van der Waals surface area contributed by atoms with Gasteiger partial charge in [-0.3, -0.25) is 4.79 Å². The Labute approximate surface area is 146 Å². The van der Waals surface area contributed by atoms with Crippen LogP contribution in [0.2, 0.25) is 0 Å². The molecule has 1 aliphatic heterocycles. The summed E-state index contributed by atoms with van der Waals surface area (Å²) in [4.78, 5) is 28.5. The zero-order chi connectivity index (χ0) is 18.5. The quantitative estimate of drug-likeness (QED) is 0.734. The molecule has 2 N–H and O–H groups in total. The SMILES string of the molecule is C[C@@]1(C(=O)O)Nc2ccccc2-c2nc(=O)c(-c3ccc(F)cc3)nn21. The number of aromatic nitrogens is 3. The van der Waals surface area contributed by atoms with Crippen molar-refractivity contribution in [1.29, 1.82) is 0 Å². The highest BCUT2D eigenvalue weighted by Gasteiger charge is 2.42. The Hall–Kier alpha value is -3.55. The Morgan fingerprint density at radius 1 is 1.19 bits per heavy atom. The van der Waals surface area contributed by atoms with E-state index in [9.17, 15) is 19.1 Å². The lowest BCUT2D eigenvalue weighted by atomic mass is 10.0. The smallest absolute Gasteiger partial charge is 0.352 e. The number of carboxylic acids is 1. The van der Waals surface area contributed by atoms with E-state index in [0.29, 0.717) is 16.8 Å². The van der Waals surface area contributed by atoms with E-state index in [1.54, 1.807) is 24.3 Å². The summed E-state index contributed by atoms with van der Waals surface area (Å²) in [6.45, 7) is 1.43. The summed E-state index contributed by atoms with van der Waals surface area (Å²) in [5.41, 5.74) is -0.846. The van der Waals surface area contributed by atoms with Crippen LogP contribution in [0.15, 0.2) is 53.3 Å². The molecule has 0 radical (unpaired) electrons. The Bertz CT molecular complexity index is 1090. The second-order valence-corrected chi connectivity index (χ2v) is 6.06. The van der Waals surface area contributed by atoms with Crippen molar-refractivity contribution >= 4 is 11.7 Å². The molecule has 1 aromatic heterocycles. The second-order valence-electron chi connectivity index (χ2n) is 6.06. The van der Waals surface area contributed by atoms with Crippen LogP contribution in [-0.2, 0) is 10.5 Å². The molecular formula is C18H13FN4O3. The standard InChI is InChI=1S/C18H13FN4O3/c1-18(17(25)26)21-13-5-3-2-4-12(13)15-20-16(24)14(22-23(15)18)10-6-8-11(19)9-7-10/h2-9,21H,1H3,(H,25,26)/t18-/m1/s1. The number of carbonyl (C=O) groups is 1. The first-order valence-corrected chi connectivity index (χ1v) is 7.79. The fourth-order valence-corrected chi connectivity index (χ4v) is 2.91. The van der Waals surface area contributed by atoms with Crippen LogP contribution in [0.25, 0.3) is 22.6 Å². The van der Waals surface area contributed by atoms with Gasteiger partial charge in [0.25, 0.3) is 5.56 Å². The number of rotatable bonds is 2. The average molecular weight is 352 g/mol. The molecule has 2 heterocycles. The first-order chi connectivity index (χ1) is 12.4. The van der Waals surface area contributed by atoms with E-state index in [1.807, 2.05) is 0 Å². The minimum Gasteiger partial charge on any atom is -0.478 e. The maximum absolute atomic E-state index is 13.2. The van der Waals surface area contributed by atoms with Gasteiger partial charge in [-0.1, -0.05) is 12.1 Å². The minimum atomic E-state index is -1.64. The normalized spacial score (nSPS) is 17.8. The molecule has 26 heavy (non-hydrogen) atoms. The molecule has 1 atom stereocenters. The highest BCUT2D eigenvalue weighted by molar-refractivity contribution is 5.87.